The van der Waals surface area contributed by atoms with Crippen molar-refractivity contribution >= 4 is 31.6 Å². The van der Waals surface area contributed by atoms with Crippen molar-refractivity contribution in [3.05, 3.63) is 0 Å². The van der Waals surface area contributed by atoms with Crippen molar-refractivity contribution in [2.45, 2.75) is 5.30 Å². The molecule has 0 fully saturated rings. The SMILES string of the molecule is [B]OC([B])([B])[B]. The zero-order valence-corrected chi connectivity index (χ0v) is 3.22. The summed E-state index contributed by atoms with van der Waals surface area (Å²) in [4.78, 5) is 0. The second-order valence-corrected chi connectivity index (χ2v) is 0.971. The first-order chi connectivity index (χ1) is 2.56. The van der Waals surface area contributed by atoms with E-state index in [1.807, 2.05) is 0 Å². The first kappa shape index (κ1) is 6.22. The molecule has 1 nitrogen and oxygen atoms in total. The van der Waals surface area contributed by atoms with Crippen LogP contribution in [-0.2, 0) is 4.65 Å². The standard InChI is InChI=1S/CB4O/c2-1(3,4)6-5. The van der Waals surface area contributed by atoms with Gasteiger partial charge in [0, 0.05) is 0 Å². The highest BCUT2D eigenvalue weighted by molar-refractivity contribution is 6.59. The highest BCUT2D eigenvalue weighted by Gasteiger charge is 2.02. The van der Waals surface area contributed by atoms with E-state index in [1.165, 1.54) is 0 Å². The van der Waals surface area contributed by atoms with Gasteiger partial charge in [-0.05, 0) is 0 Å². The lowest BCUT2D eigenvalue weighted by Gasteiger charge is -2.17. The molecule has 0 unspecified atom stereocenters. The second kappa shape index (κ2) is 1.78. The molecule has 0 saturated carbocycles. The molecule has 0 saturated heterocycles. The van der Waals surface area contributed by atoms with Crippen molar-refractivity contribution < 1.29 is 4.65 Å². The van der Waals surface area contributed by atoms with Crippen LogP contribution in [0.1, 0.15) is 0 Å². The molecule has 0 aliphatic carbocycles. The van der Waals surface area contributed by atoms with Gasteiger partial charge in [0.15, 0.2) is 0 Å². The fraction of sp³-hybridized carbons (Fsp3) is 1.00. The average molecular weight is 71.3 g/mol. The normalized spacial score (nSPS) is 11.3. The molecule has 0 spiro atoms. The molecule has 0 rings (SSSR count). The third-order valence-corrected chi connectivity index (χ3v) is 0.204. The van der Waals surface area contributed by atoms with Gasteiger partial charge in [-0.25, -0.2) is 0 Å². The summed E-state index contributed by atoms with van der Waals surface area (Å²) in [6.45, 7) is 0. The van der Waals surface area contributed by atoms with E-state index in [4.69, 9.17) is 23.5 Å². The fourth-order valence-corrected chi connectivity index (χ4v) is 0. The van der Waals surface area contributed by atoms with E-state index in [2.05, 4.69) is 12.7 Å². The van der Waals surface area contributed by atoms with E-state index in [-0.39, 0.29) is 0 Å². The molecule has 8 radical (unpaired) electrons. The maximum Gasteiger partial charge on any atom is 0.279 e. The average Bonchev–Trinajstić information content (AvgIpc) is 1.35. The topological polar surface area (TPSA) is 9.23 Å². The molecule has 0 bridgehead atoms. The first-order valence-corrected chi connectivity index (χ1v) is 1.31. The third kappa shape index (κ3) is 4.22. The van der Waals surface area contributed by atoms with Crippen molar-refractivity contribution in [2.24, 2.45) is 0 Å². The Morgan fingerprint density at radius 2 is 1.33 bits per heavy atom. The minimum Gasteiger partial charge on any atom is -0.468 e. The maximum atomic E-state index is 4.74. The summed E-state index contributed by atoms with van der Waals surface area (Å²) in [5.74, 6) is 0. The fourth-order valence-electron chi connectivity index (χ4n) is 0. The van der Waals surface area contributed by atoms with E-state index < -0.39 is 5.30 Å². The highest BCUT2D eigenvalue weighted by atomic mass is 16.4. The van der Waals surface area contributed by atoms with E-state index >= 15 is 0 Å². The van der Waals surface area contributed by atoms with Gasteiger partial charge in [-0.1, -0.05) is 5.30 Å². The van der Waals surface area contributed by atoms with Gasteiger partial charge in [0.2, 0.25) is 0 Å². The maximum absolute atomic E-state index is 4.74. The van der Waals surface area contributed by atoms with E-state index in [0.717, 1.165) is 0 Å². The van der Waals surface area contributed by atoms with Crippen molar-refractivity contribution in [3.8, 4) is 0 Å². The Hall–Kier alpha value is 0.220. The lowest BCUT2D eigenvalue weighted by molar-refractivity contribution is 0.352. The van der Waals surface area contributed by atoms with Gasteiger partial charge < -0.3 is 4.65 Å². The molecule has 0 aromatic rings. The van der Waals surface area contributed by atoms with Gasteiger partial charge >= 0.3 is 0 Å². The molecule has 0 N–H and O–H groups in total. The van der Waals surface area contributed by atoms with E-state index in [1.54, 1.807) is 0 Å². The van der Waals surface area contributed by atoms with E-state index in [9.17, 15) is 0 Å². The smallest absolute Gasteiger partial charge is 0.279 e. The van der Waals surface area contributed by atoms with Crippen LogP contribution in [0.2, 0.25) is 0 Å². The monoisotopic (exact) mass is 72.0 g/mol. The predicted octanol–water partition coefficient (Wildman–Crippen LogP) is -1.80. The molecule has 0 aliphatic heterocycles. The van der Waals surface area contributed by atoms with Gasteiger partial charge in [-0.15, -0.1) is 0 Å². The van der Waals surface area contributed by atoms with Crippen LogP contribution in [0.5, 0.6) is 0 Å². The van der Waals surface area contributed by atoms with Crippen LogP contribution in [0.25, 0.3) is 0 Å². The van der Waals surface area contributed by atoms with Crippen LogP contribution in [0, 0.1) is 0 Å². The predicted molar refractivity (Wildman–Crippen MR) is 26.8 cm³/mol. The number of hydrogen-bond acceptors (Lipinski definition) is 1. The Morgan fingerprint density at radius 3 is 1.33 bits per heavy atom. The zero-order chi connectivity index (χ0) is 5.21. The Balaban J connectivity index is 3.17. The second-order valence-electron chi connectivity index (χ2n) is 0.971. The van der Waals surface area contributed by atoms with Crippen LogP contribution in [0.15, 0.2) is 0 Å². The quantitative estimate of drug-likeness (QED) is 0.332. The molecule has 0 amide bonds. The summed E-state index contributed by atoms with van der Waals surface area (Å²) >= 11 is 0. The lowest BCUT2D eigenvalue weighted by Crippen LogP contribution is -2.32. The van der Waals surface area contributed by atoms with Gasteiger partial charge in [-0.2, -0.15) is 0 Å². The minimum atomic E-state index is -1.68. The molecule has 0 atom stereocenters. The Labute approximate surface area is 42.5 Å². The summed E-state index contributed by atoms with van der Waals surface area (Å²) in [6.07, 6.45) is 0. The minimum absolute atomic E-state index is 1.68. The van der Waals surface area contributed by atoms with Crippen molar-refractivity contribution in [2.75, 3.05) is 0 Å². The van der Waals surface area contributed by atoms with Crippen molar-refractivity contribution in [1.82, 2.24) is 0 Å². The van der Waals surface area contributed by atoms with Crippen LogP contribution in [-0.4, -0.2) is 36.9 Å². The largest absolute Gasteiger partial charge is 0.468 e. The molecular weight excluding hydrogens is 71.3 g/mol. The van der Waals surface area contributed by atoms with Gasteiger partial charge in [-0.3, -0.25) is 0 Å². The van der Waals surface area contributed by atoms with Crippen LogP contribution < -0.4 is 0 Å². The van der Waals surface area contributed by atoms with Gasteiger partial charge in [0.1, 0.15) is 0 Å². The van der Waals surface area contributed by atoms with Gasteiger partial charge in [0.25, 0.3) is 8.05 Å². The molecule has 0 aliphatic rings. The number of hydrogen-bond donors (Lipinski definition) is 0. The van der Waals surface area contributed by atoms with Gasteiger partial charge in [0.05, 0.1) is 23.5 Å². The number of rotatable bonds is 1. The van der Waals surface area contributed by atoms with E-state index in [0.29, 0.717) is 0 Å². The molecule has 0 aromatic heterocycles. The lowest BCUT2D eigenvalue weighted by atomic mass is 9.52. The summed E-state index contributed by atoms with van der Waals surface area (Å²) in [5.41, 5.74) is 0. The molecule has 22 valence electrons. The molecule has 5 heteroatoms. The molecule has 0 heterocycles. The molecule has 0 aromatic carbocycles. The summed E-state index contributed by atoms with van der Waals surface area (Å²) in [7, 11) is 18.7. The summed E-state index contributed by atoms with van der Waals surface area (Å²) in [5, 5.41) is -1.68. The Kier molecular flexibility index (Phi) is 1.85. The van der Waals surface area contributed by atoms with Crippen molar-refractivity contribution in [3.63, 3.8) is 0 Å². The highest BCUT2D eigenvalue weighted by Crippen LogP contribution is 1.84. The molecule has 6 heavy (non-hydrogen) atoms. The first-order valence-electron chi connectivity index (χ1n) is 1.31. The zero-order valence-electron chi connectivity index (χ0n) is 3.22. The van der Waals surface area contributed by atoms with Crippen LogP contribution in [0.3, 0.4) is 0 Å². The Bertz CT molecular complexity index is 37.3. The van der Waals surface area contributed by atoms with Crippen molar-refractivity contribution in [1.29, 1.82) is 0 Å². The Morgan fingerprint density at radius 1 is 1.17 bits per heavy atom. The summed E-state index contributed by atoms with van der Waals surface area (Å²) in [6, 6.07) is 0. The van der Waals surface area contributed by atoms with Crippen LogP contribution >= 0.6 is 0 Å². The third-order valence-electron chi connectivity index (χ3n) is 0.204. The summed E-state index contributed by atoms with van der Waals surface area (Å²) < 4.78 is 3.77. The van der Waals surface area contributed by atoms with Crippen LogP contribution in [0.4, 0.5) is 0 Å². The molecular formula is CB4O.